The zero-order valence-corrected chi connectivity index (χ0v) is 15.7. The van der Waals surface area contributed by atoms with Crippen LogP contribution in [0, 0.1) is 12.7 Å². The minimum atomic E-state index is -0.256. The van der Waals surface area contributed by atoms with Crippen LogP contribution in [0.15, 0.2) is 34.8 Å². The molecule has 0 saturated heterocycles. The van der Waals surface area contributed by atoms with Crippen molar-refractivity contribution in [2.45, 2.75) is 19.9 Å². The summed E-state index contributed by atoms with van der Waals surface area (Å²) in [5.41, 5.74) is 3.49. The van der Waals surface area contributed by atoms with E-state index in [1.54, 1.807) is 24.1 Å². The van der Waals surface area contributed by atoms with Gasteiger partial charge in [-0.15, -0.1) is 0 Å². The summed E-state index contributed by atoms with van der Waals surface area (Å²) in [5, 5.41) is 0. The minimum Gasteiger partial charge on any atom is -0.466 e. The number of nitrogens with zero attached hydrogens (tertiary/aromatic N) is 1. The Hall–Kier alpha value is -1.92. The molecule has 0 radical (unpaired) electrons. The number of methoxy groups -OCH3 is 1. The van der Waals surface area contributed by atoms with Gasteiger partial charge in [-0.1, -0.05) is 12.1 Å². The Kier molecular flexibility index (Phi) is 5.39. The number of hydrogen-bond acceptors (Lipinski definition) is 3. The first-order valence-corrected chi connectivity index (χ1v) is 8.78. The predicted molar refractivity (Wildman–Crippen MR) is 96.2 cm³/mol. The van der Waals surface area contributed by atoms with E-state index in [0.29, 0.717) is 30.8 Å². The highest BCUT2D eigenvalue weighted by Gasteiger charge is 2.31. The molecular weight excluding hydrogens is 389 g/mol. The second-order valence-corrected chi connectivity index (χ2v) is 6.81. The van der Waals surface area contributed by atoms with Gasteiger partial charge >= 0.3 is 0 Å². The smallest absolute Gasteiger partial charge is 0.254 e. The molecule has 0 bridgehead atoms. The van der Waals surface area contributed by atoms with Crippen molar-refractivity contribution >= 4 is 21.8 Å². The Balaban J connectivity index is 1.79. The van der Waals surface area contributed by atoms with Crippen LogP contribution in [0.3, 0.4) is 0 Å². The largest absolute Gasteiger partial charge is 0.466 e. The SMILES string of the molecule is COCOc1c(Br)c(C)cc2c1CN(CCc1ccc(F)cc1)C2=O. The fraction of sp³-hybridized carbons (Fsp3) is 0.316. The lowest BCUT2D eigenvalue weighted by molar-refractivity contribution is 0.0496. The van der Waals surface area contributed by atoms with E-state index in [2.05, 4.69) is 15.9 Å². The number of hydrogen-bond donors (Lipinski definition) is 0. The second kappa shape index (κ2) is 7.54. The van der Waals surface area contributed by atoms with Crippen LogP contribution in [0.1, 0.15) is 27.0 Å². The van der Waals surface area contributed by atoms with E-state index in [4.69, 9.17) is 9.47 Å². The first kappa shape index (κ1) is 17.9. The average molecular weight is 408 g/mol. The molecule has 0 unspecified atom stereocenters. The number of benzene rings is 2. The molecule has 0 spiro atoms. The van der Waals surface area contributed by atoms with Crippen LogP contribution in [-0.2, 0) is 17.7 Å². The van der Waals surface area contributed by atoms with Gasteiger partial charge in [0.15, 0.2) is 6.79 Å². The molecule has 25 heavy (non-hydrogen) atoms. The number of aryl methyl sites for hydroxylation is 1. The molecule has 0 aromatic heterocycles. The fourth-order valence-corrected chi connectivity index (χ4v) is 3.41. The fourth-order valence-electron chi connectivity index (χ4n) is 2.95. The first-order chi connectivity index (χ1) is 12.0. The molecule has 1 aliphatic rings. The Morgan fingerprint density at radius 2 is 2.00 bits per heavy atom. The van der Waals surface area contributed by atoms with Gasteiger partial charge in [0.2, 0.25) is 0 Å². The molecule has 4 nitrogen and oxygen atoms in total. The van der Waals surface area contributed by atoms with Crippen LogP contribution < -0.4 is 4.74 Å². The topological polar surface area (TPSA) is 38.8 Å². The van der Waals surface area contributed by atoms with Gasteiger partial charge in [-0.3, -0.25) is 4.79 Å². The van der Waals surface area contributed by atoms with Crippen LogP contribution in [0.5, 0.6) is 5.75 Å². The Bertz CT molecular complexity index is 792. The monoisotopic (exact) mass is 407 g/mol. The van der Waals surface area contributed by atoms with Crippen molar-refractivity contribution in [3.05, 3.63) is 62.9 Å². The third-order valence-electron chi connectivity index (χ3n) is 4.28. The van der Waals surface area contributed by atoms with E-state index in [9.17, 15) is 9.18 Å². The van der Waals surface area contributed by atoms with Crippen molar-refractivity contribution in [1.29, 1.82) is 0 Å². The summed E-state index contributed by atoms with van der Waals surface area (Å²) in [6, 6.07) is 8.26. The summed E-state index contributed by atoms with van der Waals surface area (Å²) in [6.07, 6.45) is 0.675. The zero-order chi connectivity index (χ0) is 18.0. The zero-order valence-electron chi connectivity index (χ0n) is 14.1. The molecule has 2 aromatic rings. The lowest BCUT2D eigenvalue weighted by atomic mass is 10.1. The molecule has 0 atom stereocenters. The van der Waals surface area contributed by atoms with Crippen molar-refractivity contribution in [3.8, 4) is 5.75 Å². The van der Waals surface area contributed by atoms with Crippen LogP contribution in [0.25, 0.3) is 0 Å². The normalized spacial score (nSPS) is 13.3. The maximum Gasteiger partial charge on any atom is 0.254 e. The van der Waals surface area contributed by atoms with E-state index in [0.717, 1.165) is 21.2 Å². The van der Waals surface area contributed by atoms with Gasteiger partial charge in [0.05, 0.1) is 11.0 Å². The number of rotatable bonds is 6. The number of ether oxygens (including phenoxy) is 2. The standard InChI is InChI=1S/C19H19BrFNO3/c1-12-9-15-16(18(17(12)20)25-11-24-2)10-22(19(15)23)8-7-13-3-5-14(21)6-4-13/h3-6,9H,7-8,10-11H2,1-2H3. The number of fused-ring (bicyclic) bond motifs is 1. The molecular formula is C19H19BrFNO3. The van der Waals surface area contributed by atoms with Crippen LogP contribution in [0.4, 0.5) is 4.39 Å². The summed E-state index contributed by atoms with van der Waals surface area (Å²) < 4.78 is 24.5. The molecule has 0 saturated carbocycles. The molecule has 132 valence electrons. The van der Waals surface area contributed by atoms with Crippen LogP contribution in [-0.4, -0.2) is 31.3 Å². The minimum absolute atomic E-state index is 0.00465. The number of carbonyl (C=O) groups excluding carboxylic acids is 1. The summed E-state index contributed by atoms with van der Waals surface area (Å²) in [7, 11) is 1.56. The van der Waals surface area contributed by atoms with Crippen LogP contribution >= 0.6 is 15.9 Å². The first-order valence-electron chi connectivity index (χ1n) is 7.98. The quantitative estimate of drug-likeness (QED) is 0.677. The van der Waals surface area contributed by atoms with Gasteiger partial charge < -0.3 is 14.4 Å². The summed E-state index contributed by atoms with van der Waals surface area (Å²) in [5.74, 6) is 0.401. The molecule has 2 aromatic carbocycles. The number of amides is 1. The molecule has 1 heterocycles. The highest BCUT2D eigenvalue weighted by molar-refractivity contribution is 9.10. The summed E-state index contributed by atoms with van der Waals surface area (Å²) in [6.45, 7) is 3.11. The van der Waals surface area contributed by atoms with Crippen molar-refractivity contribution in [1.82, 2.24) is 4.90 Å². The van der Waals surface area contributed by atoms with Gasteiger partial charge in [-0.25, -0.2) is 4.39 Å². The van der Waals surface area contributed by atoms with E-state index >= 15 is 0 Å². The Morgan fingerprint density at radius 3 is 2.68 bits per heavy atom. The van der Waals surface area contributed by atoms with Gasteiger partial charge in [-0.05, 0) is 58.6 Å². The summed E-state index contributed by atoms with van der Waals surface area (Å²) in [4.78, 5) is 14.5. The third kappa shape index (κ3) is 3.70. The highest BCUT2D eigenvalue weighted by Crippen LogP contribution is 2.39. The van der Waals surface area contributed by atoms with Crippen molar-refractivity contribution in [2.75, 3.05) is 20.4 Å². The van der Waals surface area contributed by atoms with Gasteiger partial charge in [0.1, 0.15) is 11.6 Å². The average Bonchev–Trinajstić information content (AvgIpc) is 2.91. The summed E-state index contributed by atoms with van der Waals surface area (Å²) >= 11 is 3.54. The molecule has 1 aliphatic heterocycles. The lowest BCUT2D eigenvalue weighted by Gasteiger charge is -2.16. The van der Waals surface area contributed by atoms with Gasteiger partial charge in [0, 0.05) is 24.8 Å². The van der Waals surface area contributed by atoms with E-state index < -0.39 is 0 Å². The predicted octanol–water partition coefficient (Wildman–Crippen LogP) is 4.08. The molecule has 0 fully saturated rings. The van der Waals surface area contributed by atoms with Gasteiger partial charge in [-0.2, -0.15) is 0 Å². The van der Waals surface area contributed by atoms with Crippen LogP contribution in [0.2, 0.25) is 0 Å². The molecule has 6 heteroatoms. The molecule has 0 N–H and O–H groups in total. The maximum atomic E-state index is 13.0. The molecule has 1 amide bonds. The van der Waals surface area contributed by atoms with Gasteiger partial charge in [0.25, 0.3) is 5.91 Å². The lowest BCUT2D eigenvalue weighted by Crippen LogP contribution is -2.26. The van der Waals surface area contributed by atoms with E-state index in [1.165, 1.54) is 12.1 Å². The van der Waals surface area contributed by atoms with Crippen molar-refractivity contribution in [2.24, 2.45) is 0 Å². The molecule has 3 rings (SSSR count). The second-order valence-electron chi connectivity index (χ2n) is 6.02. The van der Waals surface area contributed by atoms with Crippen molar-refractivity contribution in [3.63, 3.8) is 0 Å². The third-order valence-corrected chi connectivity index (χ3v) is 5.26. The maximum absolute atomic E-state index is 13.0. The highest BCUT2D eigenvalue weighted by atomic mass is 79.9. The van der Waals surface area contributed by atoms with E-state index in [-0.39, 0.29) is 18.5 Å². The van der Waals surface area contributed by atoms with E-state index in [1.807, 2.05) is 13.0 Å². The Morgan fingerprint density at radius 1 is 1.28 bits per heavy atom. The Labute approximate surface area is 154 Å². The number of halogens is 2. The van der Waals surface area contributed by atoms with Crippen molar-refractivity contribution < 1.29 is 18.7 Å². The number of carbonyl (C=O) groups is 1. The molecule has 0 aliphatic carbocycles.